The zero-order valence-corrected chi connectivity index (χ0v) is 18.2. The zero-order valence-electron chi connectivity index (χ0n) is 18.2. The highest BCUT2D eigenvalue weighted by Gasteiger charge is 2.34. The summed E-state index contributed by atoms with van der Waals surface area (Å²) in [4.78, 5) is 27.5. The molecule has 2 amide bonds. The molecular weight excluding hydrogens is 420 g/mol. The SMILES string of the molecule is O=C(NO)c1ccc2c(c1)OC[C@H](c1ccc3ccccc3c1)N(C(=O)C1CCOCC1)C2. The number of nitrogens with zero attached hydrogens (tertiary/aromatic N) is 1. The van der Waals surface area contributed by atoms with Crippen LogP contribution in [-0.2, 0) is 16.1 Å². The van der Waals surface area contributed by atoms with E-state index in [-0.39, 0.29) is 24.5 Å². The molecule has 0 saturated carbocycles. The van der Waals surface area contributed by atoms with E-state index in [0.29, 0.717) is 43.9 Å². The third kappa shape index (κ3) is 4.29. The van der Waals surface area contributed by atoms with Gasteiger partial charge in [-0.25, -0.2) is 5.48 Å². The monoisotopic (exact) mass is 446 g/mol. The van der Waals surface area contributed by atoms with E-state index >= 15 is 0 Å². The summed E-state index contributed by atoms with van der Waals surface area (Å²) in [5.41, 5.74) is 3.79. The number of fused-ring (bicyclic) bond motifs is 2. The average Bonchev–Trinajstić information content (AvgIpc) is 3.07. The molecule has 3 aromatic rings. The first-order chi connectivity index (χ1) is 16.1. The lowest BCUT2D eigenvalue weighted by Crippen LogP contribution is -2.41. The highest BCUT2D eigenvalue weighted by molar-refractivity contribution is 5.94. The van der Waals surface area contributed by atoms with E-state index in [2.05, 4.69) is 30.3 Å². The number of ether oxygens (including phenoxy) is 2. The molecule has 0 aliphatic carbocycles. The number of benzene rings is 3. The topological polar surface area (TPSA) is 88.1 Å². The Morgan fingerprint density at radius 2 is 1.76 bits per heavy atom. The van der Waals surface area contributed by atoms with Crippen LogP contribution >= 0.6 is 0 Å². The lowest BCUT2D eigenvalue weighted by atomic mass is 9.95. The van der Waals surface area contributed by atoms with Gasteiger partial charge in [-0.05, 0) is 47.4 Å². The maximum atomic E-state index is 13.7. The van der Waals surface area contributed by atoms with Crippen LogP contribution in [0.5, 0.6) is 5.75 Å². The van der Waals surface area contributed by atoms with Gasteiger partial charge in [-0.1, -0.05) is 42.5 Å². The van der Waals surface area contributed by atoms with Crippen molar-refractivity contribution in [1.29, 1.82) is 0 Å². The third-order valence-electron chi connectivity index (χ3n) is 6.56. The minimum atomic E-state index is -0.605. The average molecular weight is 447 g/mol. The molecule has 33 heavy (non-hydrogen) atoms. The number of carbonyl (C=O) groups excluding carboxylic acids is 2. The molecule has 2 aliphatic rings. The lowest BCUT2D eigenvalue weighted by molar-refractivity contribution is -0.142. The first-order valence-corrected chi connectivity index (χ1v) is 11.2. The molecule has 1 fully saturated rings. The van der Waals surface area contributed by atoms with Gasteiger partial charge >= 0.3 is 0 Å². The van der Waals surface area contributed by atoms with Gasteiger partial charge in [0.2, 0.25) is 5.91 Å². The van der Waals surface area contributed by atoms with Crippen molar-refractivity contribution in [3.63, 3.8) is 0 Å². The predicted molar refractivity (Wildman–Crippen MR) is 122 cm³/mol. The minimum absolute atomic E-state index is 0.0808. The van der Waals surface area contributed by atoms with Gasteiger partial charge in [0.1, 0.15) is 12.4 Å². The molecule has 0 spiro atoms. The van der Waals surface area contributed by atoms with Gasteiger partial charge in [0.05, 0.1) is 12.6 Å². The second kappa shape index (κ2) is 9.21. The van der Waals surface area contributed by atoms with Crippen molar-refractivity contribution >= 4 is 22.6 Å². The number of carbonyl (C=O) groups is 2. The molecule has 3 aromatic carbocycles. The van der Waals surface area contributed by atoms with Gasteiger partial charge < -0.3 is 14.4 Å². The van der Waals surface area contributed by atoms with E-state index in [0.717, 1.165) is 21.9 Å². The van der Waals surface area contributed by atoms with Crippen molar-refractivity contribution in [1.82, 2.24) is 10.4 Å². The maximum Gasteiger partial charge on any atom is 0.274 e. The first kappa shape index (κ1) is 21.4. The van der Waals surface area contributed by atoms with Crippen LogP contribution in [0.2, 0.25) is 0 Å². The molecule has 1 saturated heterocycles. The van der Waals surface area contributed by atoms with Crippen LogP contribution in [-0.4, -0.2) is 41.7 Å². The Morgan fingerprint density at radius 1 is 0.970 bits per heavy atom. The smallest absolute Gasteiger partial charge is 0.274 e. The van der Waals surface area contributed by atoms with Crippen molar-refractivity contribution in [2.24, 2.45) is 5.92 Å². The van der Waals surface area contributed by atoms with E-state index < -0.39 is 5.91 Å². The Bertz CT molecular complexity index is 1190. The van der Waals surface area contributed by atoms with E-state index in [1.807, 2.05) is 17.0 Å². The van der Waals surface area contributed by atoms with Gasteiger partial charge in [0, 0.05) is 30.3 Å². The Balaban J connectivity index is 1.53. The van der Waals surface area contributed by atoms with E-state index in [9.17, 15) is 9.59 Å². The summed E-state index contributed by atoms with van der Waals surface area (Å²) in [5, 5.41) is 11.2. The molecule has 2 heterocycles. The summed E-state index contributed by atoms with van der Waals surface area (Å²) in [5.74, 6) is -0.0381. The van der Waals surface area contributed by atoms with Crippen LogP contribution in [0.1, 0.15) is 40.4 Å². The molecule has 1 atom stereocenters. The van der Waals surface area contributed by atoms with Crippen LogP contribution in [0.25, 0.3) is 10.8 Å². The predicted octanol–water partition coefficient (Wildman–Crippen LogP) is 3.85. The fourth-order valence-corrected chi connectivity index (χ4v) is 4.68. The summed E-state index contributed by atoms with van der Waals surface area (Å²) >= 11 is 0. The van der Waals surface area contributed by atoms with Crippen molar-refractivity contribution in [2.45, 2.75) is 25.4 Å². The molecule has 0 aromatic heterocycles. The highest BCUT2D eigenvalue weighted by Crippen LogP contribution is 2.35. The fraction of sp³-hybridized carbons (Fsp3) is 0.308. The highest BCUT2D eigenvalue weighted by atomic mass is 16.5. The second-order valence-corrected chi connectivity index (χ2v) is 8.55. The van der Waals surface area contributed by atoms with Crippen molar-refractivity contribution in [3.05, 3.63) is 77.4 Å². The van der Waals surface area contributed by atoms with Gasteiger partial charge in [-0.15, -0.1) is 0 Å². The molecule has 7 nitrogen and oxygen atoms in total. The van der Waals surface area contributed by atoms with Crippen LogP contribution in [0.3, 0.4) is 0 Å². The summed E-state index contributed by atoms with van der Waals surface area (Å²) in [7, 11) is 0. The lowest BCUT2D eigenvalue weighted by Gasteiger charge is -2.34. The normalized spacial score (nSPS) is 18.8. The van der Waals surface area contributed by atoms with E-state index in [1.165, 1.54) is 0 Å². The number of amides is 2. The van der Waals surface area contributed by atoms with Gasteiger partial charge in [-0.3, -0.25) is 14.8 Å². The Morgan fingerprint density at radius 3 is 2.55 bits per heavy atom. The number of hydroxylamine groups is 1. The van der Waals surface area contributed by atoms with Crippen LogP contribution in [0.15, 0.2) is 60.7 Å². The minimum Gasteiger partial charge on any atom is -0.491 e. The number of hydrogen-bond acceptors (Lipinski definition) is 5. The van der Waals surface area contributed by atoms with E-state index in [4.69, 9.17) is 14.7 Å². The number of hydrogen-bond donors (Lipinski definition) is 2. The molecule has 2 N–H and O–H groups in total. The van der Waals surface area contributed by atoms with Crippen molar-refractivity contribution in [3.8, 4) is 5.75 Å². The molecule has 0 bridgehead atoms. The van der Waals surface area contributed by atoms with Gasteiger partial charge in [0.15, 0.2) is 0 Å². The standard InChI is InChI=1S/C26H26N2O5/c29-25(27-31)21-7-8-22-15-28(26(30)18-9-11-32-12-10-18)23(16-33-24(22)14-21)20-6-5-17-3-1-2-4-19(17)13-20/h1-8,13-14,18,23,31H,9-12,15-16H2,(H,27,29)/t23-/m1/s1. The zero-order chi connectivity index (χ0) is 22.8. The summed E-state index contributed by atoms with van der Waals surface area (Å²) in [6.07, 6.45) is 1.42. The van der Waals surface area contributed by atoms with Crippen LogP contribution in [0.4, 0.5) is 0 Å². The largest absolute Gasteiger partial charge is 0.491 e. The second-order valence-electron chi connectivity index (χ2n) is 8.55. The molecule has 7 heteroatoms. The number of rotatable bonds is 3. The Labute approximate surface area is 191 Å². The molecule has 170 valence electrons. The Kier molecular flexibility index (Phi) is 5.98. The van der Waals surface area contributed by atoms with E-state index in [1.54, 1.807) is 23.7 Å². The number of nitrogens with one attached hydrogen (secondary N) is 1. The summed E-state index contributed by atoms with van der Waals surface area (Å²) in [6.45, 7) is 1.84. The quantitative estimate of drug-likeness (QED) is 0.471. The molecule has 0 radical (unpaired) electrons. The maximum absolute atomic E-state index is 13.7. The van der Waals surface area contributed by atoms with Crippen LogP contribution in [0, 0.1) is 5.92 Å². The fourth-order valence-electron chi connectivity index (χ4n) is 4.68. The Hall–Kier alpha value is -3.42. The van der Waals surface area contributed by atoms with Crippen LogP contribution < -0.4 is 10.2 Å². The van der Waals surface area contributed by atoms with Gasteiger partial charge in [-0.2, -0.15) is 0 Å². The molecule has 5 rings (SSSR count). The van der Waals surface area contributed by atoms with Crippen molar-refractivity contribution in [2.75, 3.05) is 19.8 Å². The summed E-state index contributed by atoms with van der Waals surface area (Å²) in [6, 6.07) is 19.1. The molecule has 2 aliphatic heterocycles. The summed E-state index contributed by atoms with van der Waals surface area (Å²) < 4.78 is 11.6. The van der Waals surface area contributed by atoms with Crippen molar-refractivity contribution < 1.29 is 24.3 Å². The van der Waals surface area contributed by atoms with Gasteiger partial charge in [0.25, 0.3) is 5.91 Å². The molecule has 0 unspecified atom stereocenters. The molecular formula is C26H26N2O5. The third-order valence-corrected chi connectivity index (χ3v) is 6.56. The first-order valence-electron chi connectivity index (χ1n) is 11.2.